The zero-order valence-corrected chi connectivity index (χ0v) is 17.3. The molecule has 158 valence electrons. The molecule has 3 aromatic rings. The van der Waals surface area contributed by atoms with Gasteiger partial charge in [-0.2, -0.15) is 0 Å². The SMILES string of the molecule is N=C(Cc1cccc(CN2CCOCC2)c1)C(=N)c1cc(-c2cnccn2)ccc1N. The van der Waals surface area contributed by atoms with Crippen molar-refractivity contribution in [1.29, 1.82) is 10.8 Å². The van der Waals surface area contributed by atoms with Crippen LogP contribution in [0.5, 0.6) is 0 Å². The lowest BCUT2D eigenvalue weighted by Crippen LogP contribution is -2.35. The number of nitrogens with one attached hydrogen (secondary N) is 2. The summed E-state index contributed by atoms with van der Waals surface area (Å²) in [6, 6.07) is 13.7. The molecule has 0 atom stereocenters. The lowest BCUT2D eigenvalue weighted by Gasteiger charge is -2.26. The summed E-state index contributed by atoms with van der Waals surface area (Å²) in [4.78, 5) is 10.8. The van der Waals surface area contributed by atoms with E-state index in [0.29, 0.717) is 23.4 Å². The van der Waals surface area contributed by atoms with Crippen LogP contribution in [-0.2, 0) is 17.7 Å². The maximum absolute atomic E-state index is 8.58. The van der Waals surface area contributed by atoms with E-state index >= 15 is 0 Å². The van der Waals surface area contributed by atoms with Gasteiger partial charge in [-0.25, -0.2) is 0 Å². The van der Waals surface area contributed by atoms with Gasteiger partial charge >= 0.3 is 0 Å². The first-order valence-corrected chi connectivity index (χ1v) is 10.3. The summed E-state index contributed by atoms with van der Waals surface area (Å²) in [5.74, 6) is 0. The molecule has 2 heterocycles. The molecule has 1 aliphatic rings. The predicted octanol–water partition coefficient (Wildman–Crippen LogP) is 3.19. The van der Waals surface area contributed by atoms with E-state index in [1.54, 1.807) is 24.7 Å². The Morgan fingerprint density at radius 2 is 1.84 bits per heavy atom. The first-order valence-electron chi connectivity index (χ1n) is 10.3. The number of nitrogen functional groups attached to an aromatic ring is 1. The number of nitrogens with two attached hydrogens (primary N) is 1. The number of ether oxygens (including phenoxy) is 1. The smallest absolute Gasteiger partial charge is 0.0885 e. The van der Waals surface area contributed by atoms with E-state index in [-0.39, 0.29) is 11.4 Å². The summed E-state index contributed by atoms with van der Waals surface area (Å²) < 4.78 is 5.42. The first kappa shape index (κ1) is 20.8. The van der Waals surface area contributed by atoms with Crippen LogP contribution in [0.15, 0.2) is 61.1 Å². The van der Waals surface area contributed by atoms with Crippen LogP contribution in [0.1, 0.15) is 16.7 Å². The number of rotatable bonds is 7. The van der Waals surface area contributed by atoms with Crippen molar-refractivity contribution < 1.29 is 4.74 Å². The van der Waals surface area contributed by atoms with Crippen LogP contribution in [-0.4, -0.2) is 52.6 Å². The van der Waals surface area contributed by atoms with Crippen LogP contribution < -0.4 is 5.73 Å². The summed E-state index contributed by atoms with van der Waals surface area (Å²) in [5.41, 5.74) is 11.3. The van der Waals surface area contributed by atoms with Crippen LogP contribution in [0.25, 0.3) is 11.3 Å². The molecule has 7 heteroatoms. The van der Waals surface area contributed by atoms with Gasteiger partial charge in [-0.15, -0.1) is 0 Å². The van der Waals surface area contributed by atoms with Gasteiger partial charge in [-0.3, -0.25) is 20.3 Å². The second-order valence-electron chi connectivity index (χ2n) is 7.63. The van der Waals surface area contributed by atoms with Gasteiger partial charge in [0.15, 0.2) is 0 Å². The summed E-state index contributed by atoms with van der Waals surface area (Å²) >= 11 is 0. The third-order valence-electron chi connectivity index (χ3n) is 5.37. The average molecular weight is 415 g/mol. The molecule has 1 aliphatic heterocycles. The Balaban J connectivity index is 1.48. The summed E-state index contributed by atoms with van der Waals surface area (Å²) in [6.07, 6.45) is 5.30. The Bertz CT molecular complexity index is 1080. The third-order valence-corrected chi connectivity index (χ3v) is 5.37. The monoisotopic (exact) mass is 414 g/mol. The van der Waals surface area contributed by atoms with Crippen molar-refractivity contribution in [2.75, 3.05) is 32.0 Å². The minimum atomic E-state index is 0.127. The molecule has 4 N–H and O–H groups in total. The molecule has 4 rings (SSSR count). The van der Waals surface area contributed by atoms with E-state index in [4.69, 9.17) is 21.3 Å². The number of nitrogens with zero attached hydrogens (tertiary/aromatic N) is 3. The van der Waals surface area contributed by atoms with Gasteiger partial charge in [0.05, 0.1) is 36.5 Å². The number of morpholine rings is 1. The predicted molar refractivity (Wildman–Crippen MR) is 123 cm³/mol. The molecule has 0 amide bonds. The molecule has 0 aliphatic carbocycles. The van der Waals surface area contributed by atoms with Crippen LogP contribution in [0, 0.1) is 10.8 Å². The standard InChI is InChI=1S/C24H26N6O/c25-21-5-4-19(23-15-28-6-7-29-23)14-20(21)24(27)22(26)13-17-2-1-3-18(12-17)16-30-8-10-31-11-9-30/h1-7,12,14-15,26-27H,8-11,13,16,25H2. The molecular weight excluding hydrogens is 388 g/mol. The van der Waals surface area contributed by atoms with Crippen molar-refractivity contribution >= 4 is 17.1 Å². The Hall–Kier alpha value is -3.42. The van der Waals surface area contributed by atoms with Gasteiger partial charge in [-0.1, -0.05) is 30.3 Å². The number of anilines is 1. The fourth-order valence-corrected chi connectivity index (χ4v) is 3.69. The normalized spacial score (nSPS) is 14.3. The molecule has 0 spiro atoms. The highest BCUT2D eigenvalue weighted by Gasteiger charge is 2.15. The second-order valence-corrected chi connectivity index (χ2v) is 7.63. The largest absolute Gasteiger partial charge is 0.398 e. The Labute approximate surface area is 181 Å². The van der Waals surface area contributed by atoms with Gasteiger partial charge in [0.25, 0.3) is 0 Å². The third kappa shape index (κ3) is 5.20. The molecule has 1 fully saturated rings. The quantitative estimate of drug-likeness (QED) is 0.406. The lowest BCUT2D eigenvalue weighted by molar-refractivity contribution is 0.0342. The highest BCUT2D eigenvalue weighted by atomic mass is 16.5. The molecule has 0 unspecified atom stereocenters. The number of hydrogen-bond acceptors (Lipinski definition) is 7. The van der Waals surface area contributed by atoms with Gasteiger partial charge in [0, 0.05) is 55.3 Å². The summed E-state index contributed by atoms with van der Waals surface area (Å²) in [6.45, 7) is 4.29. The van der Waals surface area contributed by atoms with Crippen molar-refractivity contribution in [2.45, 2.75) is 13.0 Å². The van der Waals surface area contributed by atoms with Crippen molar-refractivity contribution in [3.8, 4) is 11.3 Å². The highest BCUT2D eigenvalue weighted by molar-refractivity contribution is 6.47. The van der Waals surface area contributed by atoms with E-state index in [0.717, 1.165) is 44.0 Å². The second kappa shape index (κ2) is 9.59. The van der Waals surface area contributed by atoms with E-state index < -0.39 is 0 Å². The molecule has 1 aromatic heterocycles. The maximum atomic E-state index is 8.58. The molecule has 0 radical (unpaired) electrons. The first-order chi connectivity index (χ1) is 15.1. The minimum Gasteiger partial charge on any atom is -0.398 e. The maximum Gasteiger partial charge on any atom is 0.0885 e. The van der Waals surface area contributed by atoms with Crippen molar-refractivity contribution in [2.24, 2.45) is 0 Å². The lowest BCUT2D eigenvalue weighted by atomic mass is 9.96. The van der Waals surface area contributed by atoms with Crippen LogP contribution in [0.2, 0.25) is 0 Å². The summed E-state index contributed by atoms with van der Waals surface area (Å²) in [5, 5.41) is 17.1. The fourth-order valence-electron chi connectivity index (χ4n) is 3.69. The van der Waals surface area contributed by atoms with E-state index in [9.17, 15) is 0 Å². The Morgan fingerprint density at radius 1 is 1.03 bits per heavy atom. The van der Waals surface area contributed by atoms with Gasteiger partial charge in [0.2, 0.25) is 0 Å². The van der Waals surface area contributed by atoms with E-state index in [2.05, 4.69) is 27.0 Å². The van der Waals surface area contributed by atoms with Gasteiger partial charge in [-0.05, 0) is 23.3 Å². The van der Waals surface area contributed by atoms with Crippen molar-refractivity contribution in [3.63, 3.8) is 0 Å². The molecule has 0 bridgehead atoms. The van der Waals surface area contributed by atoms with Gasteiger partial charge in [0.1, 0.15) is 0 Å². The van der Waals surface area contributed by atoms with Crippen LogP contribution in [0.4, 0.5) is 5.69 Å². The van der Waals surface area contributed by atoms with E-state index in [1.165, 1.54) is 5.56 Å². The summed E-state index contributed by atoms with van der Waals surface area (Å²) in [7, 11) is 0. The Kier molecular flexibility index (Phi) is 6.45. The van der Waals surface area contributed by atoms with Crippen molar-refractivity contribution in [1.82, 2.24) is 14.9 Å². The van der Waals surface area contributed by atoms with Gasteiger partial charge < -0.3 is 15.9 Å². The highest BCUT2D eigenvalue weighted by Crippen LogP contribution is 2.23. The van der Waals surface area contributed by atoms with Crippen molar-refractivity contribution in [3.05, 3.63) is 77.7 Å². The minimum absolute atomic E-state index is 0.127. The van der Waals surface area contributed by atoms with Crippen LogP contribution >= 0.6 is 0 Å². The fraction of sp³-hybridized carbons (Fsp3) is 0.250. The Morgan fingerprint density at radius 3 is 2.61 bits per heavy atom. The van der Waals surface area contributed by atoms with E-state index in [1.807, 2.05) is 24.3 Å². The van der Waals surface area contributed by atoms with Crippen LogP contribution in [0.3, 0.4) is 0 Å². The zero-order valence-electron chi connectivity index (χ0n) is 17.3. The molecule has 2 aromatic carbocycles. The number of hydrogen-bond donors (Lipinski definition) is 3. The molecule has 0 saturated carbocycles. The number of aromatic nitrogens is 2. The molecular formula is C24H26N6O. The zero-order chi connectivity index (χ0) is 21.6. The molecule has 7 nitrogen and oxygen atoms in total. The molecule has 31 heavy (non-hydrogen) atoms. The topological polar surface area (TPSA) is 112 Å². The average Bonchev–Trinajstić information content (AvgIpc) is 2.80. The molecule has 1 saturated heterocycles. The number of benzene rings is 2.